The highest BCUT2D eigenvalue weighted by Gasteiger charge is 2.17. The first-order chi connectivity index (χ1) is 7.27. The Bertz CT molecular complexity index is 332. The Hall–Kier alpha value is -0.610. The second kappa shape index (κ2) is 4.94. The van der Waals surface area contributed by atoms with Crippen LogP contribution in [0.1, 0.15) is 13.3 Å². The Morgan fingerprint density at radius 2 is 2.47 bits per heavy atom. The van der Waals surface area contributed by atoms with Crippen molar-refractivity contribution < 1.29 is 4.74 Å². The molecule has 0 radical (unpaired) electrons. The van der Waals surface area contributed by atoms with Crippen LogP contribution < -0.4 is 4.90 Å². The Morgan fingerprint density at radius 3 is 3.27 bits per heavy atom. The molecule has 0 aromatic carbocycles. The molecule has 2 heterocycles. The number of pyridine rings is 1. The van der Waals surface area contributed by atoms with Gasteiger partial charge in [0.25, 0.3) is 0 Å². The molecule has 82 valence electrons. The molecular formula is C11H15BrN2O. The molecule has 0 amide bonds. The van der Waals surface area contributed by atoms with E-state index in [1.807, 2.05) is 18.3 Å². The molecule has 4 heteroatoms. The van der Waals surface area contributed by atoms with Gasteiger partial charge in [0, 0.05) is 25.9 Å². The molecule has 0 spiro atoms. The van der Waals surface area contributed by atoms with E-state index in [0.29, 0.717) is 0 Å². The number of hydrogen-bond acceptors (Lipinski definition) is 3. The molecule has 1 fully saturated rings. The van der Waals surface area contributed by atoms with Gasteiger partial charge in [0.2, 0.25) is 0 Å². The first-order valence-corrected chi connectivity index (χ1v) is 6.04. The summed E-state index contributed by atoms with van der Waals surface area (Å²) in [5.41, 5.74) is 0. The van der Waals surface area contributed by atoms with Crippen LogP contribution in [-0.4, -0.2) is 30.8 Å². The van der Waals surface area contributed by atoms with E-state index in [1.54, 1.807) is 0 Å². The van der Waals surface area contributed by atoms with Crippen molar-refractivity contribution in [3.63, 3.8) is 0 Å². The van der Waals surface area contributed by atoms with Crippen LogP contribution in [0.4, 0.5) is 5.82 Å². The third kappa shape index (κ3) is 2.69. The summed E-state index contributed by atoms with van der Waals surface area (Å²) >= 11 is 3.53. The highest BCUT2D eigenvalue weighted by atomic mass is 79.9. The van der Waals surface area contributed by atoms with E-state index in [9.17, 15) is 0 Å². The molecule has 0 aliphatic carbocycles. The lowest BCUT2D eigenvalue weighted by Crippen LogP contribution is -2.31. The zero-order valence-electron chi connectivity index (χ0n) is 8.82. The van der Waals surface area contributed by atoms with Gasteiger partial charge >= 0.3 is 0 Å². The molecular weight excluding hydrogens is 256 g/mol. The molecule has 15 heavy (non-hydrogen) atoms. The Balaban J connectivity index is 2.18. The monoisotopic (exact) mass is 270 g/mol. The largest absolute Gasteiger partial charge is 0.377 e. The normalized spacial score (nSPS) is 22.5. The Labute approximate surface area is 98.6 Å². The van der Waals surface area contributed by atoms with E-state index in [-0.39, 0.29) is 6.10 Å². The van der Waals surface area contributed by atoms with E-state index in [4.69, 9.17) is 4.74 Å². The van der Waals surface area contributed by atoms with E-state index < -0.39 is 0 Å². The summed E-state index contributed by atoms with van der Waals surface area (Å²) in [6.07, 6.45) is 3.17. The summed E-state index contributed by atoms with van der Waals surface area (Å²) in [5.74, 6) is 1.02. The number of rotatable bonds is 1. The van der Waals surface area contributed by atoms with Crippen LogP contribution in [0.15, 0.2) is 22.8 Å². The molecule has 2 rings (SSSR count). The van der Waals surface area contributed by atoms with Crippen LogP contribution in [0.3, 0.4) is 0 Å². The van der Waals surface area contributed by atoms with Gasteiger partial charge in [-0.2, -0.15) is 0 Å². The molecule has 3 nitrogen and oxygen atoms in total. The number of hydrogen-bond donors (Lipinski definition) is 0. The average molecular weight is 271 g/mol. The predicted octanol–water partition coefficient (Wildman–Crippen LogP) is 2.46. The maximum absolute atomic E-state index is 5.61. The number of halogens is 1. The van der Waals surface area contributed by atoms with Crippen LogP contribution in [0.2, 0.25) is 0 Å². The molecule has 1 unspecified atom stereocenters. The minimum Gasteiger partial charge on any atom is -0.377 e. The van der Waals surface area contributed by atoms with Crippen molar-refractivity contribution in [3.05, 3.63) is 22.8 Å². The van der Waals surface area contributed by atoms with E-state index >= 15 is 0 Å². The fourth-order valence-corrected chi connectivity index (χ4v) is 2.30. The van der Waals surface area contributed by atoms with Crippen molar-refractivity contribution in [2.45, 2.75) is 19.4 Å². The SMILES string of the molecule is CC1CN(c2ncccc2Br)CCCO1. The molecule has 1 atom stereocenters. The molecule has 1 saturated heterocycles. The molecule has 1 aliphatic heterocycles. The zero-order valence-corrected chi connectivity index (χ0v) is 10.4. The number of ether oxygens (including phenoxy) is 1. The molecule has 0 bridgehead atoms. The van der Waals surface area contributed by atoms with Crippen molar-refractivity contribution >= 4 is 21.7 Å². The number of nitrogens with zero attached hydrogens (tertiary/aromatic N) is 2. The first-order valence-electron chi connectivity index (χ1n) is 5.24. The Morgan fingerprint density at radius 1 is 1.60 bits per heavy atom. The fourth-order valence-electron chi connectivity index (χ4n) is 1.80. The summed E-state index contributed by atoms with van der Waals surface area (Å²) in [6, 6.07) is 3.96. The van der Waals surface area contributed by atoms with Crippen LogP contribution in [0.5, 0.6) is 0 Å². The van der Waals surface area contributed by atoms with Gasteiger partial charge in [-0.15, -0.1) is 0 Å². The zero-order chi connectivity index (χ0) is 10.7. The van der Waals surface area contributed by atoms with Crippen molar-refractivity contribution in [1.29, 1.82) is 0 Å². The first kappa shape index (κ1) is 10.9. The molecule has 1 aliphatic rings. The van der Waals surface area contributed by atoms with Gasteiger partial charge in [-0.25, -0.2) is 4.98 Å². The van der Waals surface area contributed by atoms with Gasteiger partial charge in [0.1, 0.15) is 5.82 Å². The molecule has 1 aromatic rings. The van der Waals surface area contributed by atoms with Gasteiger partial charge in [0.15, 0.2) is 0 Å². The van der Waals surface area contributed by atoms with Crippen LogP contribution in [0.25, 0.3) is 0 Å². The third-order valence-corrected chi connectivity index (χ3v) is 3.11. The van der Waals surface area contributed by atoms with E-state index in [1.165, 1.54) is 0 Å². The lowest BCUT2D eigenvalue weighted by molar-refractivity contribution is 0.0820. The second-order valence-electron chi connectivity index (χ2n) is 3.79. The van der Waals surface area contributed by atoms with Crippen molar-refractivity contribution in [3.8, 4) is 0 Å². The quantitative estimate of drug-likeness (QED) is 0.784. The van der Waals surface area contributed by atoms with Crippen molar-refractivity contribution in [1.82, 2.24) is 4.98 Å². The van der Waals surface area contributed by atoms with Crippen LogP contribution >= 0.6 is 15.9 Å². The van der Waals surface area contributed by atoms with Crippen molar-refractivity contribution in [2.24, 2.45) is 0 Å². The highest BCUT2D eigenvalue weighted by molar-refractivity contribution is 9.10. The second-order valence-corrected chi connectivity index (χ2v) is 4.64. The fraction of sp³-hybridized carbons (Fsp3) is 0.545. The van der Waals surface area contributed by atoms with E-state index in [2.05, 4.69) is 32.7 Å². The average Bonchev–Trinajstić information content (AvgIpc) is 2.43. The molecule has 1 aromatic heterocycles. The predicted molar refractivity (Wildman–Crippen MR) is 64.2 cm³/mol. The number of aromatic nitrogens is 1. The van der Waals surface area contributed by atoms with Crippen LogP contribution in [0, 0.1) is 0 Å². The third-order valence-electron chi connectivity index (χ3n) is 2.49. The summed E-state index contributed by atoms with van der Waals surface area (Å²) in [7, 11) is 0. The minimum atomic E-state index is 0.279. The lowest BCUT2D eigenvalue weighted by Gasteiger charge is -2.23. The standard InChI is InChI=1S/C11H15BrN2O/c1-9-8-14(6-3-7-15-9)11-10(12)4-2-5-13-11/h2,4-5,9H,3,6-8H2,1H3. The number of anilines is 1. The minimum absolute atomic E-state index is 0.279. The van der Waals surface area contributed by atoms with Gasteiger partial charge in [-0.1, -0.05) is 0 Å². The van der Waals surface area contributed by atoms with E-state index in [0.717, 1.165) is 36.4 Å². The summed E-state index contributed by atoms with van der Waals surface area (Å²) in [5, 5.41) is 0. The summed E-state index contributed by atoms with van der Waals surface area (Å²) in [6.45, 7) is 4.88. The Kier molecular flexibility index (Phi) is 3.59. The smallest absolute Gasteiger partial charge is 0.142 e. The highest BCUT2D eigenvalue weighted by Crippen LogP contribution is 2.24. The van der Waals surface area contributed by atoms with Crippen LogP contribution in [-0.2, 0) is 4.74 Å². The van der Waals surface area contributed by atoms with Crippen molar-refractivity contribution in [2.75, 3.05) is 24.6 Å². The van der Waals surface area contributed by atoms with Gasteiger partial charge in [0.05, 0.1) is 10.6 Å². The topological polar surface area (TPSA) is 25.4 Å². The lowest BCUT2D eigenvalue weighted by atomic mass is 10.3. The van der Waals surface area contributed by atoms with Gasteiger partial charge < -0.3 is 9.64 Å². The van der Waals surface area contributed by atoms with Gasteiger partial charge in [-0.05, 0) is 41.4 Å². The van der Waals surface area contributed by atoms with Gasteiger partial charge in [-0.3, -0.25) is 0 Å². The molecule has 0 N–H and O–H groups in total. The summed E-state index contributed by atoms with van der Waals surface area (Å²) in [4.78, 5) is 6.68. The molecule has 0 saturated carbocycles. The summed E-state index contributed by atoms with van der Waals surface area (Å²) < 4.78 is 6.66. The maximum atomic E-state index is 5.61. The maximum Gasteiger partial charge on any atom is 0.142 e.